The standard InChI is InChI=1S/C15H20N2O4/c1-20-11-4-3-10(13(9-11)21-2)7-8-16-15(19)12-5-6-14(18)17-12/h3-4,9,12H,5-8H2,1-2H3,(H,16,19)(H,17,18). The van der Waals surface area contributed by atoms with Crippen molar-refractivity contribution in [2.24, 2.45) is 0 Å². The lowest BCUT2D eigenvalue weighted by molar-refractivity contribution is -0.125. The minimum atomic E-state index is -0.393. The van der Waals surface area contributed by atoms with Crippen molar-refractivity contribution in [2.45, 2.75) is 25.3 Å². The van der Waals surface area contributed by atoms with E-state index in [4.69, 9.17) is 9.47 Å². The molecular formula is C15H20N2O4. The van der Waals surface area contributed by atoms with Crippen molar-refractivity contribution in [1.82, 2.24) is 10.6 Å². The van der Waals surface area contributed by atoms with E-state index >= 15 is 0 Å². The molecule has 0 aromatic heterocycles. The molecule has 0 radical (unpaired) electrons. The van der Waals surface area contributed by atoms with Crippen LogP contribution in [0.5, 0.6) is 11.5 Å². The first kappa shape index (κ1) is 15.2. The molecule has 1 heterocycles. The third kappa shape index (κ3) is 3.87. The Morgan fingerprint density at radius 3 is 2.81 bits per heavy atom. The van der Waals surface area contributed by atoms with Gasteiger partial charge in [0.1, 0.15) is 17.5 Å². The highest BCUT2D eigenvalue weighted by atomic mass is 16.5. The van der Waals surface area contributed by atoms with Crippen LogP contribution in [-0.4, -0.2) is 38.6 Å². The molecule has 2 amide bonds. The molecule has 2 N–H and O–H groups in total. The summed E-state index contributed by atoms with van der Waals surface area (Å²) in [5, 5.41) is 5.48. The summed E-state index contributed by atoms with van der Waals surface area (Å²) in [6.07, 6.45) is 1.64. The topological polar surface area (TPSA) is 76.7 Å². The van der Waals surface area contributed by atoms with Crippen molar-refractivity contribution >= 4 is 11.8 Å². The quantitative estimate of drug-likeness (QED) is 0.807. The number of rotatable bonds is 6. The van der Waals surface area contributed by atoms with Gasteiger partial charge in [-0.05, 0) is 24.5 Å². The van der Waals surface area contributed by atoms with Gasteiger partial charge >= 0.3 is 0 Å². The third-order valence-electron chi connectivity index (χ3n) is 3.50. The Kier molecular flexibility index (Phi) is 5.03. The molecule has 0 bridgehead atoms. The second-order valence-electron chi connectivity index (χ2n) is 4.88. The summed E-state index contributed by atoms with van der Waals surface area (Å²) >= 11 is 0. The summed E-state index contributed by atoms with van der Waals surface area (Å²) < 4.78 is 10.5. The largest absolute Gasteiger partial charge is 0.497 e. The van der Waals surface area contributed by atoms with E-state index in [0.717, 1.165) is 17.1 Å². The van der Waals surface area contributed by atoms with Crippen LogP contribution >= 0.6 is 0 Å². The van der Waals surface area contributed by atoms with E-state index in [1.165, 1.54) is 0 Å². The van der Waals surface area contributed by atoms with Gasteiger partial charge in [-0.25, -0.2) is 0 Å². The van der Waals surface area contributed by atoms with Crippen LogP contribution in [0.15, 0.2) is 18.2 Å². The van der Waals surface area contributed by atoms with Crippen LogP contribution in [0.1, 0.15) is 18.4 Å². The Hall–Kier alpha value is -2.24. The number of methoxy groups -OCH3 is 2. The molecule has 1 atom stereocenters. The number of ether oxygens (including phenoxy) is 2. The Morgan fingerprint density at radius 2 is 2.19 bits per heavy atom. The molecular weight excluding hydrogens is 272 g/mol. The van der Waals surface area contributed by atoms with Gasteiger partial charge in [-0.2, -0.15) is 0 Å². The van der Waals surface area contributed by atoms with Gasteiger partial charge in [-0.15, -0.1) is 0 Å². The minimum absolute atomic E-state index is 0.0630. The molecule has 0 aliphatic carbocycles. The Balaban J connectivity index is 1.85. The van der Waals surface area contributed by atoms with E-state index < -0.39 is 6.04 Å². The van der Waals surface area contributed by atoms with Gasteiger partial charge in [0.15, 0.2) is 0 Å². The summed E-state index contributed by atoms with van der Waals surface area (Å²) in [6, 6.07) is 5.20. The Labute approximate surface area is 123 Å². The van der Waals surface area contributed by atoms with E-state index in [0.29, 0.717) is 25.8 Å². The Morgan fingerprint density at radius 1 is 1.38 bits per heavy atom. The SMILES string of the molecule is COc1ccc(CCNC(=O)C2CCC(=O)N2)c(OC)c1. The van der Waals surface area contributed by atoms with Crippen LogP contribution in [0.25, 0.3) is 0 Å². The zero-order chi connectivity index (χ0) is 15.2. The van der Waals surface area contributed by atoms with Gasteiger partial charge in [0, 0.05) is 19.0 Å². The number of nitrogens with one attached hydrogen (secondary N) is 2. The second kappa shape index (κ2) is 6.97. The molecule has 1 saturated heterocycles. The summed E-state index contributed by atoms with van der Waals surface area (Å²) in [5.41, 5.74) is 0.994. The third-order valence-corrected chi connectivity index (χ3v) is 3.50. The van der Waals surface area contributed by atoms with Gasteiger partial charge < -0.3 is 20.1 Å². The van der Waals surface area contributed by atoms with E-state index in [1.807, 2.05) is 18.2 Å². The van der Waals surface area contributed by atoms with Crippen molar-refractivity contribution in [1.29, 1.82) is 0 Å². The van der Waals surface area contributed by atoms with Crippen LogP contribution in [0.3, 0.4) is 0 Å². The monoisotopic (exact) mass is 292 g/mol. The molecule has 0 spiro atoms. The lowest BCUT2D eigenvalue weighted by Crippen LogP contribution is -2.42. The molecule has 1 aromatic carbocycles. The van der Waals surface area contributed by atoms with E-state index in [9.17, 15) is 9.59 Å². The highest BCUT2D eigenvalue weighted by Gasteiger charge is 2.26. The molecule has 1 unspecified atom stereocenters. The van der Waals surface area contributed by atoms with Gasteiger partial charge in [-0.1, -0.05) is 6.07 Å². The maximum absolute atomic E-state index is 11.9. The van der Waals surface area contributed by atoms with Crippen molar-refractivity contribution in [3.8, 4) is 11.5 Å². The summed E-state index contributed by atoms with van der Waals surface area (Å²) in [6.45, 7) is 0.494. The fraction of sp³-hybridized carbons (Fsp3) is 0.467. The summed E-state index contributed by atoms with van der Waals surface area (Å²) in [5.74, 6) is 1.27. The maximum atomic E-state index is 11.9. The minimum Gasteiger partial charge on any atom is -0.497 e. The first-order chi connectivity index (χ1) is 10.1. The first-order valence-electron chi connectivity index (χ1n) is 6.92. The van der Waals surface area contributed by atoms with Gasteiger partial charge in [0.25, 0.3) is 0 Å². The van der Waals surface area contributed by atoms with E-state index in [1.54, 1.807) is 14.2 Å². The van der Waals surface area contributed by atoms with E-state index in [2.05, 4.69) is 10.6 Å². The van der Waals surface area contributed by atoms with Crippen LogP contribution in [0.2, 0.25) is 0 Å². The van der Waals surface area contributed by atoms with Gasteiger partial charge in [0.2, 0.25) is 11.8 Å². The van der Waals surface area contributed by atoms with Crippen LogP contribution in [0.4, 0.5) is 0 Å². The van der Waals surface area contributed by atoms with Crippen molar-refractivity contribution in [3.05, 3.63) is 23.8 Å². The summed E-state index contributed by atoms with van der Waals surface area (Å²) in [4.78, 5) is 22.9. The molecule has 6 nitrogen and oxygen atoms in total. The highest BCUT2D eigenvalue weighted by molar-refractivity contribution is 5.90. The normalized spacial score (nSPS) is 17.2. The predicted molar refractivity (Wildman–Crippen MR) is 77.4 cm³/mol. The predicted octanol–water partition coefficient (Wildman–Crippen LogP) is 0.641. The molecule has 21 heavy (non-hydrogen) atoms. The van der Waals surface area contributed by atoms with Crippen LogP contribution < -0.4 is 20.1 Å². The molecule has 1 aliphatic heterocycles. The van der Waals surface area contributed by atoms with Crippen molar-refractivity contribution < 1.29 is 19.1 Å². The fourth-order valence-corrected chi connectivity index (χ4v) is 2.31. The lowest BCUT2D eigenvalue weighted by Gasteiger charge is -2.13. The first-order valence-corrected chi connectivity index (χ1v) is 6.92. The number of benzene rings is 1. The zero-order valence-electron chi connectivity index (χ0n) is 12.3. The molecule has 114 valence electrons. The number of hydrogen-bond donors (Lipinski definition) is 2. The average molecular weight is 292 g/mol. The van der Waals surface area contributed by atoms with Gasteiger partial charge in [0.05, 0.1) is 14.2 Å². The zero-order valence-corrected chi connectivity index (χ0v) is 12.3. The molecule has 2 rings (SSSR count). The molecule has 1 aliphatic rings. The second-order valence-corrected chi connectivity index (χ2v) is 4.88. The maximum Gasteiger partial charge on any atom is 0.242 e. The lowest BCUT2D eigenvalue weighted by atomic mass is 10.1. The van der Waals surface area contributed by atoms with Gasteiger partial charge in [-0.3, -0.25) is 9.59 Å². The number of carbonyl (C=O) groups excluding carboxylic acids is 2. The molecule has 1 fully saturated rings. The van der Waals surface area contributed by atoms with Crippen molar-refractivity contribution in [2.75, 3.05) is 20.8 Å². The van der Waals surface area contributed by atoms with Crippen molar-refractivity contribution in [3.63, 3.8) is 0 Å². The Bertz CT molecular complexity index is 530. The van der Waals surface area contributed by atoms with Crippen LogP contribution in [-0.2, 0) is 16.0 Å². The average Bonchev–Trinajstić information content (AvgIpc) is 2.94. The van der Waals surface area contributed by atoms with E-state index in [-0.39, 0.29) is 11.8 Å². The molecule has 0 saturated carbocycles. The number of amides is 2. The molecule has 6 heteroatoms. The highest BCUT2D eigenvalue weighted by Crippen LogP contribution is 2.24. The smallest absolute Gasteiger partial charge is 0.242 e. The van der Waals surface area contributed by atoms with Crippen LogP contribution in [0, 0.1) is 0 Å². The number of carbonyl (C=O) groups is 2. The number of hydrogen-bond acceptors (Lipinski definition) is 4. The summed E-state index contributed by atoms with van der Waals surface area (Å²) in [7, 11) is 3.20. The molecule has 1 aromatic rings. The fourth-order valence-electron chi connectivity index (χ4n) is 2.31.